The Labute approximate surface area is 178 Å². The zero-order chi connectivity index (χ0) is 21.3. The van der Waals surface area contributed by atoms with Crippen molar-refractivity contribution < 1.29 is 4.74 Å². The fourth-order valence-electron chi connectivity index (χ4n) is 3.10. The minimum absolute atomic E-state index is 0.627. The second-order valence-electron chi connectivity index (χ2n) is 7.79. The molecule has 0 atom stereocenters. The number of guanidine groups is 1. The summed E-state index contributed by atoms with van der Waals surface area (Å²) in [6.45, 7) is 8.58. The smallest absolute Gasteiger partial charge is 0.191 e. The molecule has 0 fully saturated rings. The van der Waals surface area contributed by atoms with Gasteiger partial charge in [0.1, 0.15) is 11.6 Å². The summed E-state index contributed by atoms with van der Waals surface area (Å²) in [6, 6.07) is 12.2. The van der Waals surface area contributed by atoms with Crippen molar-refractivity contribution in [3.8, 4) is 5.75 Å². The van der Waals surface area contributed by atoms with Gasteiger partial charge in [0.15, 0.2) is 11.6 Å². The van der Waals surface area contributed by atoms with Gasteiger partial charge in [-0.25, -0.2) is 0 Å². The fraction of sp³-hybridized carbons (Fsp3) is 0.435. The number of pyridine rings is 1. The molecule has 2 N–H and O–H groups in total. The van der Waals surface area contributed by atoms with E-state index in [9.17, 15) is 0 Å². The number of aromatic nitrogens is 3. The third kappa shape index (κ3) is 5.95. The third-order valence-corrected chi connectivity index (χ3v) is 4.87. The number of ether oxygens (including phenoxy) is 1. The molecule has 2 heterocycles. The largest absolute Gasteiger partial charge is 0.493 e. The summed E-state index contributed by atoms with van der Waals surface area (Å²) in [4.78, 5) is 4.33. The lowest BCUT2D eigenvalue weighted by molar-refractivity contribution is 0.286. The van der Waals surface area contributed by atoms with Crippen LogP contribution in [0.2, 0.25) is 0 Å². The Morgan fingerprint density at radius 1 is 1.17 bits per heavy atom. The fourth-order valence-corrected chi connectivity index (χ4v) is 3.10. The Morgan fingerprint density at radius 2 is 2.03 bits per heavy atom. The van der Waals surface area contributed by atoms with Crippen LogP contribution in [0.15, 0.2) is 47.6 Å². The Bertz CT molecular complexity index is 979. The summed E-state index contributed by atoms with van der Waals surface area (Å²) in [6.07, 6.45) is 3.78. The van der Waals surface area contributed by atoms with Crippen LogP contribution in [0.4, 0.5) is 0 Å². The highest BCUT2D eigenvalue weighted by atomic mass is 16.5. The van der Waals surface area contributed by atoms with E-state index < -0.39 is 0 Å². The van der Waals surface area contributed by atoms with Crippen LogP contribution in [-0.2, 0) is 13.0 Å². The molecule has 0 spiro atoms. The van der Waals surface area contributed by atoms with Gasteiger partial charge in [0.2, 0.25) is 0 Å². The summed E-state index contributed by atoms with van der Waals surface area (Å²) in [5.74, 6) is 3.24. The molecule has 7 nitrogen and oxygen atoms in total. The van der Waals surface area contributed by atoms with Gasteiger partial charge in [-0.15, -0.1) is 10.2 Å². The maximum Gasteiger partial charge on any atom is 0.191 e. The number of hydrogen-bond donors (Lipinski definition) is 2. The van der Waals surface area contributed by atoms with Crippen molar-refractivity contribution in [3.05, 3.63) is 59.5 Å². The molecule has 3 rings (SSSR count). The normalized spacial score (nSPS) is 11.8. The molecule has 7 heteroatoms. The number of nitrogens with one attached hydrogen (secondary N) is 2. The number of aliphatic imine (C=N–C) groups is 1. The highest BCUT2D eigenvalue weighted by Crippen LogP contribution is 2.21. The lowest BCUT2D eigenvalue weighted by Gasteiger charge is -2.16. The van der Waals surface area contributed by atoms with Gasteiger partial charge in [-0.2, -0.15) is 0 Å². The molecule has 0 saturated carbocycles. The second-order valence-corrected chi connectivity index (χ2v) is 7.79. The van der Waals surface area contributed by atoms with Crippen LogP contribution in [0, 0.1) is 12.8 Å². The minimum Gasteiger partial charge on any atom is -0.493 e. The Morgan fingerprint density at radius 3 is 2.83 bits per heavy atom. The molecule has 0 aliphatic heterocycles. The molecular weight excluding hydrogens is 376 g/mol. The van der Waals surface area contributed by atoms with Gasteiger partial charge < -0.3 is 15.4 Å². The third-order valence-electron chi connectivity index (χ3n) is 4.87. The average Bonchev–Trinajstić information content (AvgIpc) is 3.14. The zero-order valence-electron chi connectivity index (χ0n) is 18.4. The molecular formula is C23H32N6O. The van der Waals surface area contributed by atoms with E-state index in [4.69, 9.17) is 4.74 Å². The zero-order valence-corrected chi connectivity index (χ0v) is 18.4. The monoisotopic (exact) mass is 408 g/mol. The first-order valence-corrected chi connectivity index (χ1v) is 10.5. The van der Waals surface area contributed by atoms with E-state index in [0.717, 1.165) is 48.2 Å². The molecule has 160 valence electrons. The molecule has 0 amide bonds. The summed E-state index contributed by atoms with van der Waals surface area (Å²) >= 11 is 0. The van der Waals surface area contributed by atoms with E-state index in [1.54, 1.807) is 7.05 Å². The number of aryl methyl sites for hydroxylation is 1. The summed E-state index contributed by atoms with van der Waals surface area (Å²) in [5, 5.41) is 15.2. The van der Waals surface area contributed by atoms with Crippen molar-refractivity contribution in [1.82, 2.24) is 25.2 Å². The molecule has 0 radical (unpaired) electrons. The van der Waals surface area contributed by atoms with E-state index in [-0.39, 0.29) is 0 Å². The van der Waals surface area contributed by atoms with Gasteiger partial charge >= 0.3 is 0 Å². The van der Waals surface area contributed by atoms with Gasteiger partial charge in [-0.3, -0.25) is 9.39 Å². The van der Waals surface area contributed by atoms with E-state index in [2.05, 4.69) is 64.8 Å². The van der Waals surface area contributed by atoms with Crippen LogP contribution >= 0.6 is 0 Å². The van der Waals surface area contributed by atoms with Crippen LogP contribution in [-0.4, -0.2) is 40.8 Å². The standard InChI is InChI=1S/C23H32N6O/c1-17(2)11-14-30-20-15-18(3)8-9-19(20)16-26-23(24-4)25-12-10-22-28-27-21-7-5-6-13-29(21)22/h5-9,13,15,17H,10-12,14,16H2,1-4H3,(H2,24,25,26). The number of hydrogen-bond acceptors (Lipinski definition) is 4. The topological polar surface area (TPSA) is 75.8 Å². The van der Waals surface area contributed by atoms with Crippen LogP contribution in [0.3, 0.4) is 0 Å². The lowest BCUT2D eigenvalue weighted by Crippen LogP contribution is -2.38. The number of nitrogens with zero attached hydrogens (tertiary/aromatic N) is 4. The second kappa shape index (κ2) is 10.6. The van der Waals surface area contributed by atoms with Gasteiger partial charge in [-0.05, 0) is 43.0 Å². The predicted octanol–water partition coefficient (Wildman–Crippen LogP) is 3.37. The maximum absolute atomic E-state index is 6.05. The molecule has 1 aromatic carbocycles. The maximum atomic E-state index is 6.05. The predicted molar refractivity (Wildman–Crippen MR) is 121 cm³/mol. The average molecular weight is 409 g/mol. The van der Waals surface area contributed by atoms with Crippen molar-refractivity contribution in [2.75, 3.05) is 20.2 Å². The Balaban J connectivity index is 1.52. The van der Waals surface area contributed by atoms with Crippen molar-refractivity contribution in [2.45, 2.75) is 40.2 Å². The molecule has 0 aliphatic rings. The van der Waals surface area contributed by atoms with Crippen molar-refractivity contribution in [1.29, 1.82) is 0 Å². The van der Waals surface area contributed by atoms with Crippen molar-refractivity contribution >= 4 is 11.6 Å². The number of benzene rings is 1. The molecule has 0 saturated heterocycles. The van der Waals surface area contributed by atoms with Gasteiger partial charge in [0.05, 0.1) is 6.61 Å². The summed E-state index contributed by atoms with van der Waals surface area (Å²) in [5.41, 5.74) is 3.18. The highest BCUT2D eigenvalue weighted by molar-refractivity contribution is 5.79. The van der Waals surface area contributed by atoms with Crippen molar-refractivity contribution in [2.24, 2.45) is 10.9 Å². The van der Waals surface area contributed by atoms with E-state index in [1.807, 2.05) is 28.8 Å². The van der Waals surface area contributed by atoms with Gasteiger partial charge in [0.25, 0.3) is 0 Å². The molecule has 2 aromatic heterocycles. The number of rotatable bonds is 9. The minimum atomic E-state index is 0.627. The van der Waals surface area contributed by atoms with E-state index >= 15 is 0 Å². The quantitative estimate of drug-likeness (QED) is 0.419. The summed E-state index contributed by atoms with van der Waals surface area (Å²) in [7, 11) is 1.77. The summed E-state index contributed by atoms with van der Waals surface area (Å²) < 4.78 is 8.05. The van der Waals surface area contributed by atoms with E-state index in [0.29, 0.717) is 19.0 Å². The molecule has 0 unspecified atom stereocenters. The van der Waals surface area contributed by atoms with Crippen LogP contribution < -0.4 is 15.4 Å². The van der Waals surface area contributed by atoms with Gasteiger partial charge in [-0.1, -0.05) is 32.0 Å². The Kier molecular flexibility index (Phi) is 7.65. The number of fused-ring (bicyclic) bond motifs is 1. The first-order valence-electron chi connectivity index (χ1n) is 10.5. The van der Waals surface area contributed by atoms with E-state index in [1.165, 1.54) is 5.56 Å². The van der Waals surface area contributed by atoms with Crippen LogP contribution in [0.1, 0.15) is 37.2 Å². The first-order chi connectivity index (χ1) is 14.6. The molecule has 0 bridgehead atoms. The molecule has 0 aliphatic carbocycles. The Hall–Kier alpha value is -3.09. The van der Waals surface area contributed by atoms with Gasteiger partial charge in [0, 0.05) is 38.3 Å². The SMILES string of the molecule is CN=C(NCCc1nnc2ccccn12)NCc1ccc(C)cc1OCCC(C)C. The van der Waals surface area contributed by atoms with Crippen LogP contribution in [0.25, 0.3) is 5.65 Å². The highest BCUT2D eigenvalue weighted by Gasteiger charge is 2.08. The first kappa shape index (κ1) is 21.6. The molecule has 3 aromatic rings. The van der Waals surface area contributed by atoms with Crippen molar-refractivity contribution in [3.63, 3.8) is 0 Å². The lowest BCUT2D eigenvalue weighted by atomic mass is 10.1. The van der Waals surface area contributed by atoms with Crippen LogP contribution in [0.5, 0.6) is 5.75 Å². The molecule has 30 heavy (non-hydrogen) atoms.